The van der Waals surface area contributed by atoms with E-state index in [9.17, 15) is 4.79 Å². The van der Waals surface area contributed by atoms with Crippen LogP contribution >= 0.6 is 11.8 Å². The fraction of sp³-hybridized carbons (Fsp3) is 0.143. The lowest BCUT2D eigenvalue weighted by atomic mass is 10.1. The number of ether oxygens (including phenoxy) is 1. The van der Waals surface area contributed by atoms with Gasteiger partial charge in [-0.05, 0) is 35.0 Å². The van der Waals surface area contributed by atoms with Crippen molar-refractivity contribution < 1.29 is 9.53 Å². The van der Waals surface area contributed by atoms with Crippen LogP contribution < -0.4 is 10.1 Å². The number of carbonyl (C=O) groups excluding carboxylic acids is 1. The van der Waals surface area contributed by atoms with E-state index in [0.717, 1.165) is 21.4 Å². The van der Waals surface area contributed by atoms with Gasteiger partial charge < -0.3 is 10.1 Å². The zero-order valence-corrected chi connectivity index (χ0v) is 15.0. The van der Waals surface area contributed by atoms with Crippen LogP contribution in [0.4, 0.5) is 5.69 Å². The van der Waals surface area contributed by atoms with Gasteiger partial charge in [0.2, 0.25) is 0 Å². The highest BCUT2D eigenvalue weighted by Gasteiger charge is 2.08. The third kappa shape index (κ3) is 4.78. The maximum atomic E-state index is 12.2. The lowest BCUT2D eigenvalue weighted by molar-refractivity contribution is -0.118. The third-order valence-corrected chi connectivity index (χ3v) is 4.80. The number of hydrogen-bond donors (Lipinski definition) is 1. The van der Waals surface area contributed by atoms with E-state index < -0.39 is 0 Å². The van der Waals surface area contributed by atoms with E-state index in [4.69, 9.17) is 10.00 Å². The monoisotopic (exact) mass is 362 g/mol. The van der Waals surface area contributed by atoms with Crippen molar-refractivity contribution in [1.82, 2.24) is 0 Å². The highest BCUT2D eigenvalue weighted by atomic mass is 32.2. The minimum atomic E-state index is -0.216. The SMILES string of the molecule is N#CCCSc1ccccc1NC(=O)COc1ccc2ccccc2c1. The summed E-state index contributed by atoms with van der Waals surface area (Å²) in [6.07, 6.45) is 0.470. The number of fused-ring (bicyclic) bond motifs is 1. The molecule has 0 radical (unpaired) electrons. The molecule has 0 spiro atoms. The molecule has 3 aromatic carbocycles. The fourth-order valence-corrected chi connectivity index (χ4v) is 3.36. The lowest BCUT2D eigenvalue weighted by Gasteiger charge is -2.11. The second-order valence-electron chi connectivity index (χ2n) is 5.60. The number of amides is 1. The number of anilines is 1. The highest BCUT2D eigenvalue weighted by molar-refractivity contribution is 7.99. The van der Waals surface area contributed by atoms with Crippen LogP contribution in [0.5, 0.6) is 5.75 Å². The molecule has 4 nitrogen and oxygen atoms in total. The van der Waals surface area contributed by atoms with Crippen LogP contribution in [0.2, 0.25) is 0 Å². The van der Waals surface area contributed by atoms with Crippen LogP contribution in [0.25, 0.3) is 10.8 Å². The fourth-order valence-electron chi connectivity index (χ4n) is 2.49. The standard InChI is InChI=1S/C21H18N2O2S/c22-12-5-13-26-20-9-4-3-8-19(20)23-21(24)15-25-18-11-10-16-6-1-2-7-17(16)14-18/h1-4,6-11,14H,5,13,15H2,(H,23,24). The Hall–Kier alpha value is -2.97. The van der Waals surface area contributed by atoms with E-state index in [-0.39, 0.29) is 12.5 Å². The first-order valence-corrected chi connectivity index (χ1v) is 9.25. The van der Waals surface area contributed by atoms with E-state index in [1.54, 1.807) is 11.8 Å². The molecule has 0 fully saturated rings. The Morgan fingerprint density at radius 1 is 1.04 bits per heavy atom. The molecule has 1 amide bonds. The molecule has 5 heteroatoms. The summed E-state index contributed by atoms with van der Waals surface area (Å²) >= 11 is 1.55. The van der Waals surface area contributed by atoms with Crippen molar-refractivity contribution in [2.24, 2.45) is 0 Å². The average Bonchev–Trinajstić information content (AvgIpc) is 2.68. The topological polar surface area (TPSA) is 62.1 Å². The Bertz CT molecular complexity index is 950. The minimum absolute atomic E-state index is 0.0600. The Kier molecular flexibility index (Phi) is 6.13. The molecule has 0 aliphatic rings. The van der Waals surface area contributed by atoms with Gasteiger partial charge in [-0.2, -0.15) is 5.26 Å². The summed E-state index contributed by atoms with van der Waals surface area (Å²) in [5.74, 6) is 1.14. The van der Waals surface area contributed by atoms with Crippen molar-refractivity contribution in [3.8, 4) is 11.8 Å². The van der Waals surface area contributed by atoms with E-state index >= 15 is 0 Å². The Balaban J connectivity index is 1.59. The summed E-state index contributed by atoms with van der Waals surface area (Å²) in [7, 11) is 0. The second-order valence-corrected chi connectivity index (χ2v) is 6.74. The van der Waals surface area contributed by atoms with E-state index in [2.05, 4.69) is 11.4 Å². The van der Waals surface area contributed by atoms with Crippen LogP contribution in [0.15, 0.2) is 71.6 Å². The molecule has 3 rings (SSSR count). The van der Waals surface area contributed by atoms with Crippen LogP contribution in [-0.4, -0.2) is 18.3 Å². The predicted molar refractivity (Wildman–Crippen MR) is 105 cm³/mol. The molecule has 0 atom stereocenters. The van der Waals surface area contributed by atoms with Crippen molar-refractivity contribution in [3.05, 3.63) is 66.7 Å². The first kappa shape index (κ1) is 17.8. The molecule has 0 aliphatic heterocycles. The van der Waals surface area contributed by atoms with Gasteiger partial charge >= 0.3 is 0 Å². The van der Waals surface area contributed by atoms with Crippen LogP contribution in [0, 0.1) is 11.3 Å². The summed E-state index contributed by atoms with van der Waals surface area (Å²) < 4.78 is 5.62. The zero-order chi connectivity index (χ0) is 18.2. The molecule has 130 valence electrons. The van der Waals surface area contributed by atoms with Gasteiger partial charge in [0.1, 0.15) is 5.75 Å². The van der Waals surface area contributed by atoms with Gasteiger partial charge in [0.05, 0.1) is 11.8 Å². The minimum Gasteiger partial charge on any atom is -0.484 e. The van der Waals surface area contributed by atoms with Crippen molar-refractivity contribution in [3.63, 3.8) is 0 Å². The third-order valence-electron chi connectivity index (χ3n) is 3.72. The smallest absolute Gasteiger partial charge is 0.262 e. The van der Waals surface area contributed by atoms with Crippen molar-refractivity contribution in [2.75, 3.05) is 17.7 Å². The number of rotatable bonds is 7. The molecule has 1 N–H and O–H groups in total. The summed E-state index contributed by atoms with van der Waals surface area (Å²) in [5, 5.41) is 13.7. The lowest BCUT2D eigenvalue weighted by Crippen LogP contribution is -2.20. The molecule has 0 unspecified atom stereocenters. The molecule has 0 saturated carbocycles. The van der Waals surface area contributed by atoms with Crippen molar-refractivity contribution >= 4 is 34.1 Å². The van der Waals surface area contributed by atoms with Gasteiger partial charge in [-0.25, -0.2) is 0 Å². The summed E-state index contributed by atoms with van der Waals surface area (Å²) in [4.78, 5) is 13.2. The molecule has 26 heavy (non-hydrogen) atoms. The Morgan fingerprint density at radius 2 is 1.81 bits per heavy atom. The van der Waals surface area contributed by atoms with Gasteiger partial charge in [0.25, 0.3) is 5.91 Å². The van der Waals surface area contributed by atoms with Gasteiger partial charge in [0.15, 0.2) is 6.61 Å². The Labute approximate surface area is 156 Å². The number of thioether (sulfide) groups is 1. The van der Waals surface area contributed by atoms with E-state index in [0.29, 0.717) is 17.9 Å². The molecular formula is C21H18N2O2S. The van der Waals surface area contributed by atoms with Gasteiger partial charge in [0, 0.05) is 17.1 Å². The number of nitrogens with zero attached hydrogens (tertiary/aromatic N) is 1. The maximum absolute atomic E-state index is 12.2. The quantitative estimate of drug-likeness (QED) is 0.481. The molecule has 0 bridgehead atoms. The number of nitriles is 1. The Morgan fingerprint density at radius 3 is 2.65 bits per heavy atom. The summed E-state index contributed by atoms with van der Waals surface area (Å²) in [6, 6.07) is 23.5. The number of benzene rings is 3. The first-order valence-electron chi connectivity index (χ1n) is 8.26. The zero-order valence-electron chi connectivity index (χ0n) is 14.1. The number of carbonyl (C=O) groups is 1. The van der Waals surface area contributed by atoms with Crippen LogP contribution in [0.1, 0.15) is 6.42 Å². The molecule has 3 aromatic rings. The summed E-state index contributed by atoms with van der Waals surface area (Å²) in [5.41, 5.74) is 0.738. The number of nitrogens with one attached hydrogen (secondary N) is 1. The van der Waals surface area contributed by atoms with Gasteiger partial charge in [-0.3, -0.25) is 4.79 Å². The molecule has 0 heterocycles. The van der Waals surface area contributed by atoms with Crippen LogP contribution in [-0.2, 0) is 4.79 Å². The number of hydrogen-bond acceptors (Lipinski definition) is 4. The van der Waals surface area contributed by atoms with Crippen LogP contribution in [0.3, 0.4) is 0 Å². The van der Waals surface area contributed by atoms with Gasteiger partial charge in [-0.1, -0.05) is 42.5 Å². The number of para-hydroxylation sites is 1. The molecule has 0 saturated heterocycles. The highest BCUT2D eigenvalue weighted by Crippen LogP contribution is 2.27. The normalized spacial score (nSPS) is 10.3. The van der Waals surface area contributed by atoms with E-state index in [1.165, 1.54) is 0 Å². The average molecular weight is 362 g/mol. The van der Waals surface area contributed by atoms with Crippen molar-refractivity contribution in [1.29, 1.82) is 5.26 Å². The first-order chi connectivity index (χ1) is 12.8. The molecular weight excluding hydrogens is 344 g/mol. The molecule has 0 aliphatic carbocycles. The maximum Gasteiger partial charge on any atom is 0.262 e. The largest absolute Gasteiger partial charge is 0.484 e. The second kappa shape index (κ2) is 8.93. The van der Waals surface area contributed by atoms with Crippen molar-refractivity contribution in [2.45, 2.75) is 11.3 Å². The van der Waals surface area contributed by atoms with E-state index in [1.807, 2.05) is 66.7 Å². The molecule has 0 aromatic heterocycles. The summed E-state index contributed by atoms with van der Waals surface area (Å²) in [6.45, 7) is -0.0600. The van der Waals surface area contributed by atoms with Gasteiger partial charge in [-0.15, -0.1) is 11.8 Å². The predicted octanol–water partition coefficient (Wildman–Crippen LogP) is 4.86.